The monoisotopic (exact) mass is 651 g/mol. The number of nitrogens with one attached hydrogen (secondary N) is 2. The van der Waals surface area contributed by atoms with E-state index in [4.69, 9.17) is 11.6 Å². The lowest BCUT2D eigenvalue weighted by molar-refractivity contribution is -0.165. The zero-order chi connectivity index (χ0) is 32.7. The molecule has 0 aliphatic heterocycles. The molecule has 234 valence electrons. The van der Waals surface area contributed by atoms with Crippen LogP contribution in [0.15, 0.2) is 36.5 Å². The van der Waals surface area contributed by atoms with Gasteiger partial charge in [-0.3, -0.25) is 9.59 Å². The molecule has 0 saturated heterocycles. The Bertz CT molecular complexity index is 1810. The maximum Gasteiger partial charge on any atom is 0.437 e. The van der Waals surface area contributed by atoms with E-state index >= 15 is 0 Å². The van der Waals surface area contributed by atoms with E-state index in [0.717, 1.165) is 23.6 Å². The van der Waals surface area contributed by atoms with E-state index in [-0.39, 0.29) is 43.8 Å². The number of rotatable bonds is 8. The molecule has 1 saturated carbocycles. The Morgan fingerprint density at radius 3 is 2.29 bits per heavy atom. The number of aromatic nitrogens is 6. The molecule has 18 heteroatoms. The van der Waals surface area contributed by atoms with Gasteiger partial charge in [0.1, 0.15) is 12.2 Å². The van der Waals surface area contributed by atoms with Crippen LogP contribution in [0.25, 0.3) is 5.82 Å². The fourth-order valence-electron chi connectivity index (χ4n) is 4.34. The number of amides is 2. The smallest absolute Gasteiger partial charge is 0.352 e. The van der Waals surface area contributed by atoms with Crippen LogP contribution in [0.2, 0.25) is 5.02 Å². The third-order valence-electron chi connectivity index (χ3n) is 6.62. The Hall–Kier alpha value is -4.98. The van der Waals surface area contributed by atoms with E-state index in [2.05, 4.69) is 30.9 Å². The van der Waals surface area contributed by atoms with Gasteiger partial charge in [-0.15, -0.1) is 10.2 Å². The van der Waals surface area contributed by atoms with Crippen LogP contribution in [0, 0.1) is 24.2 Å². The quantitative estimate of drug-likeness (QED) is 0.250. The minimum absolute atomic E-state index is 0.00260. The molecule has 0 radical (unpaired) electrons. The van der Waals surface area contributed by atoms with Crippen LogP contribution < -0.4 is 10.6 Å². The SMILES string of the molecule is Cc1cc(C#N)cc(C(=O)NCC2CC2)c1NC(=O)c1cc(Cn2nc(C(F)(F)F)c(C(F)(F)F)n2)nn1-c1ncccc1Cl. The Kier molecular flexibility index (Phi) is 8.27. The van der Waals surface area contributed by atoms with Gasteiger partial charge in [0.15, 0.2) is 17.2 Å². The van der Waals surface area contributed by atoms with Crippen molar-refractivity contribution < 1.29 is 35.9 Å². The van der Waals surface area contributed by atoms with Crippen molar-refractivity contribution >= 4 is 29.1 Å². The largest absolute Gasteiger partial charge is 0.437 e. The van der Waals surface area contributed by atoms with Crippen LogP contribution in [0.3, 0.4) is 0 Å². The zero-order valence-corrected chi connectivity index (χ0v) is 23.7. The lowest BCUT2D eigenvalue weighted by atomic mass is 10.0. The van der Waals surface area contributed by atoms with Gasteiger partial charge < -0.3 is 10.6 Å². The van der Waals surface area contributed by atoms with Crippen molar-refractivity contribution in [1.29, 1.82) is 5.26 Å². The number of benzene rings is 1. The van der Waals surface area contributed by atoms with E-state index < -0.39 is 42.1 Å². The maximum atomic E-state index is 13.7. The lowest BCUT2D eigenvalue weighted by Crippen LogP contribution is -2.28. The first kappa shape index (κ1) is 31.4. The van der Waals surface area contributed by atoms with Crippen LogP contribution in [0.5, 0.6) is 0 Å². The zero-order valence-electron chi connectivity index (χ0n) is 23.0. The first-order valence-electron chi connectivity index (χ1n) is 13.1. The van der Waals surface area contributed by atoms with E-state index in [0.29, 0.717) is 18.0 Å². The second-order valence-corrected chi connectivity index (χ2v) is 10.5. The van der Waals surface area contributed by atoms with Gasteiger partial charge in [-0.25, -0.2) is 9.67 Å². The number of aryl methyl sites for hydroxylation is 1. The summed E-state index contributed by atoms with van der Waals surface area (Å²) in [5.74, 6) is -1.17. The fourth-order valence-corrected chi connectivity index (χ4v) is 4.54. The van der Waals surface area contributed by atoms with Crippen molar-refractivity contribution in [2.45, 2.75) is 38.7 Å². The molecule has 0 unspecified atom stereocenters. The third-order valence-corrected chi connectivity index (χ3v) is 6.92. The fraction of sp³-hybridized carbons (Fsp3) is 0.296. The molecule has 2 amide bonds. The van der Waals surface area contributed by atoms with Crippen LogP contribution in [0.1, 0.15) is 61.9 Å². The second kappa shape index (κ2) is 11.8. The van der Waals surface area contributed by atoms with E-state index in [1.165, 1.54) is 30.5 Å². The number of carbonyl (C=O) groups excluding carboxylic acids is 2. The van der Waals surface area contributed by atoms with Gasteiger partial charge in [-0.2, -0.15) is 41.5 Å². The number of pyridine rings is 1. The highest BCUT2D eigenvalue weighted by atomic mass is 35.5. The average Bonchev–Trinajstić information content (AvgIpc) is 3.53. The summed E-state index contributed by atoms with van der Waals surface area (Å²) < 4.78 is 80.6. The molecule has 3 aromatic heterocycles. The minimum Gasteiger partial charge on any atom is -0.352 e. The Morgan fingerprint density at radius 1 is 1.04 bits per heavy atom. The van der Waals surface area contributed by atoms with Gasteiger partial charge in [0, 0.05) is 12.7 Å². The number of hydrogen-bond acceptors (Lipinski definition) is 7. The number of anilines is 1. The predicted octanol–water partition coefficient (Wildman–Crippen LogP) is 5.17. The Morgan fingerprint density at radius 2 is 1.71 bits per heavy atom. The van der Waals surface area contributed by atoms with Gasteiger partial charge in [-0.05, 0) is 61.6 Å². The van der Waals surface area contributed by atoms with Gasteiger partial charge in [0.2, 0.25) is 0 Å². The normalized spacial score (nSPS) is 13.4. The first-order valence-corrected chi connectivity index (χ1v) is 13.5. The topological polar surface area (TPSA) is 143 Å². The van der Waals surface area contributed by atoms with Crippen LogP contribution in [0.4, 0.5) is 32.0 Å². The summed E-state index contributed by atoms with van der Waals surface area (Å²) in [5.41, 5.74) is -4.39. The molecule has 3 heterocycles. The summed E-state index contributed by atoms with van der Waals surface area (Å²) >= 11 is 6.26. The van der Waals surface area contributed by atoms with E-state index in [9.17, 15) is 41.2 Å². The predicted molar refractivity (Wildman–Crippen MR) is 144 cm³/mol. The molecule has 11 nitrogen and oxygen atoms in total. The molecule has 0 atom stereocenters. The molecule has 1 aliphatic rings. The summed E-state index contributed by atoms with van der Waals surface area (Å²) in [7, 11) is 0. The number of halogens is 7. The van der Waals surface area contributed by atoms with Crippen molar-refractivity contribution in [3.05, 3.63) is 81.0 Å². The first-order chi connectivity index (χ1) is 21.2. The standard InChI is InChI=1S/C27H20ClF6N9O2/c1-13-7-15(10-35)8-17(24(44)37-11-14-4-5-14)20(13)38-25(45)19-9-16(39-43(19)23-18(28)3-2-6-36-23)12-42-40-21(26(29,30)31)22(41-42)27(32,33)34/h2-3,6-9,14H,4-5,11-12H2,1H3,(H,37,44)(H,38,45). The van der Waals surface area contributed by atoms with Crippen molar-refractivity contribution in [2.75, 3.05) is 11.9 Å². The lowest BCUT2D eigenvalue weighted by Gasteiger charge is -2.15. The molecule has 45 heavy (non-hydrogen) atoms. The van der Waals surface area contributed by atoms with Crippen LogP contribution in [-0.4, -0.2) is 48.1 Å². The van der Waals surface area contributed by atoms with Crippen LogP contribution in [-0.2, 0) is 18.9 Å². The molecule has 0 spiro atoms. The van der Waals surface area contributed by atoms with Crippen molar-refractivity contribution in [3.63, 3.8) is 0 Å². The van der Waals surface area contributed by atoms with Gasteiger partial charge >= 0.3 is 12.4 Å². The highest BCUT2D eigenvalue weighted by Crippen LogP contribution is 2.38. The molecular formula is C27H20ClF6N9O2. The molecule has 0 bridgehead atoms. The van der Waals surface area contributed by atoms with Gasteiger partial charge in [-0.1, -0.05) is 11.6 Å². The van der Waals surface area contributed by atoms with E-state index in [1.807, 2.05) is 6.07 Å². The third kappa shape index (κ3) is 6.90. The molecule has 1 aromatic carbocycles. The molecule has 4 aromatic rings. The van der Waals surface area contributed by atoms with E-state index in [1.54, 1.807) is 6.92 Å². The highest BCUT2D eigenvalue weighted by Gasteiger charge is 2.48. The summed E-state index contributed by atoms with van der Waals surface area (Å²) in [6.45, 7) is 1.16. The second-order valence-electron chi connectivity index (χ2n) is 10.1. The Balaban J connectivity index is 1.53. The average molecular weight is 652 g/mol. The van der Waals surface area contributed by atoms with Crippen LogP contribution >= 0.6 is 11.6 Å². The van der Waals surface area contributed by atoms with Crippen molar-refractivity contribution in [1.82, 2.24) is 35.1 Å². The molecule has 5 rings (SSSR count). The number of nitrogens with zero attached hydrogens (tertiary/aromatic N) is 7. The van der Waals surface area contributed by atoms with Gasteiger partial charge in [0.05, 0.1) is 33.6 Å². The summed E-state index contributed by atoms with van der Waals surface area (Å²) in [5, 5.41) is 24.9. The Labute approximate surface area is 254 Å². The number of carbonyl (C=O) groups is 2. The molecule has 1 fully saturated rings. The highest BCUT2D eigenvalue weighted by molar-refractivity contribution is 6.32. The number of alkyl halides is 6. The minimum atomic E-state index is -5.45. The summed E-state index contributed by atoms with van der Waals surface area (Å²) in [6, 6.07) is 8.69. The summed E-state index contributed by atoms with van der Waals surface area (Å²) in [4.78, 5) is 31.0. The molecule has 1 aliphatic carbocycles. The van der Waals surface area contributed by atoms with Crippen molar-refractivity contribution in [2.24, 2.45) is 5.92 Å². The number of hydrogen-bond donors (Lipinski definition) is 2. The maximum absolute atomic E-state index is 13.7. The number of nitriles is 1. The molecular weight excluding hydrogens is 632 g/mol. The molecule has 2 N–H and O–H groups in total. The van der Waals surface area contributed by atoms with Gasteiger partial charge in [0.25, 0.3) is 11.8 Å². The van der Waals surface area contributed by atoms with Crippen molar-refractivity contribution in [3.8, 4) is 11.9 Å². The summed E-state index contributed by atoms with van der Waals surface area (Å²) in [6.07, 6.45) is -7.65.